The Morgan fingerprint density at radius 2 is 2.10 bits per heavy atom. The van der Waals surface area contributed by atoms with Crippen LogP contribution in [0.2, 0.25) is 0 Å². The molecule has 0 saturated heterocycles. The Bertz CT molecular complexity index is 712. The number of allylic oxidation sites excluding steroid dienone is 1. The van der Waals surface area contributed by atoms with Gasteiger partial charge >= 0.3 is 0 Å². The number of nitrogens with two attached hydrogens (primary N) is 2. The molecule has 0 aliphatic heterocycles. The van der Waals surface area contributed by atoms with Crippen molar-refractivity contribution >= 4 is 15.8 Å². The number of nitrogens with zero attached hydrogens (tertiary/aromatic N) is 1. The number of ether oxygens (including phenoxy) is 2. The number of hydrogen-bond donors (Lipinski definition) is 2. The van der Waals surface area contributed by atoms with E-state index in [0.717, 1.165) is 0 Å². The zero-order valence-corrected chi connectivity index (χ0v) is 12.6. The van der Waals surface area contributed by atoms with Crippen LogP contribution in [-0.2, 0) is 25.1 Å². The summed E-state index contributed by atoms with van der Waals surface area (Å²) in [6.45, 7) is 0. The Morgan fingerprint density at radius 1 is 1.38 bits per heavy atom. The molecule has 1 aromatic rings. The highest BCUT2D eigenvalue weighted by atomic mass is 32.2. The summed E-state index contributed by atoms with van der Waals surface area (Å²) in [5.41, 5.74) is 5.00. The highest BCUT2D eigenvalue weighted by molar-refractivity contribution is 7.89. The fourth-order valence-electron chi connectivity index (χ4n) is 2.35. The van der Waals surface area contributed by atoms with Crippen molar-refractivity contribution < 1.29 is 17.9 Å². The van der Waals surface area contributed by atoms with Gasteiger partial charge in [-0.15, -0.1) is 0 Å². The minimum absolute atomic E-state index is 0.159. The molecule has 0 radical (unpaired) electrons. The van der Waals surface area contributed by atoms with Crippen LogP contribution >= 0.6 is 0 Å². The van der Waals surface area contributed by atoms with E-state index < -0.39 is 15.6 Å². The van der Waals surface area contributed by atoms with Crippen LogP contribution in [-0.4, -0.2) is 27.6 Å². The number of aromatic nitrogens is 1. The van der Waals surface area contributed by atoms with Crippen molar-refractivity contribution in [3.63, 3.8) is 0 Å². The number of sulfonamides is 1. The molecule has 8 heteroatoms. The van der Waals surface area contributed by atoms with E-state index in [2.05, 4.69) is 4.98 Å². The van der Waals surface area contributed by atoms with Crippen molar-refractivity contribution in [1.29, 1.82) is 0 Å². The minimum Gasteiger partial charge on any atom is -0.497 e. The first-order valence-corrected chi connectivity index (χ1v) is 7.65. The third-order valence-electron chi connectivity index (χ3n) is 3.35. The molecule has 1 unspecified atom stereocenters. The second-order valence-electron chi connectivity index (χ2n) is 4.57. The van der Waals surface area contributed by atoms with Crippen molar-refractivity contribution in [2.45, 2.75) is 16.9 Å². The number of anilines is 1. The summed E-state index contributed by atoms with van der Waals surface area (Å²) in [5, 5.41) is 5.27. The van der Waals surface area contributed by atoms with Crippen molar-refractivity contribution in [3.8, 4) is 0 Å². The summed E-state index contributed by atoms with van der Waals surface area (Å²) in [5.74, 6) is 0.396. The smallest absolute Gasteiger partial charge is 0.242 e. The molecule has 4 N–H and O–H groups in total. The van der Waals surface area contributed by atoms with E-state index in [1.165, 1.54) is 26.5 Å². The van der Waals surface area contributed by atoms with Gasteiger partial charge in [-0.3, -0.25) is 0 Å². The summed E-state index contributed by atoms with van der Waals surface area (Å²) in [6.07, 6.45) is 7.13. The van der Waals surface area contributed by atoms with Crippen LogP contribution < -0.4 is 10.9 Å². The molecule has 21 heavy (non-hydrogen) atoms. The Morgan fingerprint density at radius 3 is 2.67 bits per heavy atom. The van der Waals surface area contributed by atoms with E-state index in [0.29, 0.717) is 17.7 Å². The van der Waals surface area contributed by atoms with Gasteiger partial charge in [-0.05, 0) is 18.2 Å². The van der Waals surface area contributed by atoms with Gasteiger partial charge in [0, 0.05) is 25.3 Å². The lowest BCUT2D eigenvalue weighted by Gasteiger charge is -2.32. The summed E-state index contributed by atoms with van der Waals surface area (Å²) in [6, 6.07) is 1.53. The first kappa shape index (κ1) is 15.5. The molecule has 0 aromatic carbocycles. The standard InChI is InChI=1S/C13H17N3O4S/c1-19-9-4-3-6-13(8-9,20-2)10-5-7-16-12(14)11(10)21(15,17)18/h3-5,7-8H,6H2,1-2H3,(H2,14,16)(H2,15,17,18). The Labute approximate surface area is 123 Å². The Hall–Kier alpha value is -1.90. The lowest BCUT2D eigenvalue weighted by Crippen LogP contribution is -2.31. The zero-order chi connectivity index (χ0) is 15.7. The quantitative estimate of drug-likeness (QED) is 0.842. The average Bonchev–Trinajstić information content (AvgIpc) is 2.45. The van der Waals surface area contributed by atoms with E-state index >= 15 is 0 Å². The van der Waals surface area contributed by atoms with Crippen LogP contribution in [0.25, 0.3) is 0 Å². The van der Waals surface area contributed by atoms with Crippen molar-refractivity contribution in [2.24, 2.45) is 5.14 Å². The molecule has 0 spiro atoms. The van der Waals surface area contributed by atoms with Gasteiger partial charge in [-0.1, -0.05) is 6.08 Å². The van der Waals surface area contributed by atoms with E-state index in [1.54, 1.807) is 12.2 Å². The highest BCUT2D eigenvalue weighted by Gasteiger charge is 2.37. The number of methoxy groups -OCH3 is 2. The van der Waals surface area contributed by atoms with Crippen LogP contribution in [0.5, 0.6) is 0 Å². The van der Waals surface area contributed by atoms with Crippen molar-refractivity contribution in [3.05, 3.63) is 41.8 Å². The van der Waals surface area contributed by atoms with Gasteiger partial charge in [0.15, 0.2) is 0 Å². The van der Waals surface area contributed by atoms with Gasteiger partial charge in [0.1, 0.15) is 22.1 Å². The van der Waals surface area contributed by atoms with Crippen molar-refractivity contribution in [2.75, 3.05) is 20.0 Å². The Balaban J connectivity index is 2.73. The molecule has 0 fully saturated rings. The number of hydrogen-bond acceptors (Lipinski definition) is 6. The molecular weight excluding hydrogens is 294 g/mol. The normalized spacial score (nSPS) is 22.0. The highest BCUT2D eigenvalue weighted by Crippen LogP contribution is 2.39. The molecule has 114 valence electrons. The van der Waals surface area contributed by atoms with Crippen LogP contribution in [0, 0.1) is 0 Å². The monoisotopic (exact) mass is 311 g/mol. The lowest BCUT2D eigenvalue weighted by atomic mass is 9.87. The third-order valence-corrected chi connectivity index (χ3v) is 4.35. The first-order chi connectivity index (χ1) is 9.84. The molecular formula is C13H17N3O4S. The third kappa shape index (κ3) is 2.78. The molecule has 2 rings (SSSR count). The average molecular weight is 311 g/mol. The predicted molar refractivity (Wildman–Crippen MR) is 77.6 cm³/mol. The minimum atomic E-state index is -4.05. The topological polar surface area (TPSA) is 118 Å². The Kier molecular flexibility index (Phi) is 4.04. The van der Waals surface area contributed by atoms with Crippen molar-refractivity contribution in [1.82, 2.24) is 4.98 Å². The van der Waals surface area contributed by atoms with E-state index in [1.807, 2.05) is 6.08 Å². The fraction of sp³-hybridized carbons (Fsp3) is 0.308. The molecule has 0 saturated carbocycles. The van der Waals surface area contributed by atoms with Gasteiger partial charge in [-0.2, -0.15) is 0 Å². The summed E-state index contributed by atoms with van der Waals surface area (Å²) in [7, 11) is -1.05. The van der Waals surface area contributed by atoms with E-state index in [4.69, 9.17) is 20.3 Å². The van der Waals surface area contributed by atoms with Crippen LogP contribution in [0.4, 0.5) is 5.82 Å². The van der Waals surface area contributed by atoms with Gasteiger partial charge in [-0.25, -0.2) is 18.5 Å². The van der Waals surface area contributed by atoms with Gasteiger partial charge in [0.25, 0.3) is 0 Å². The number of rotatable bonds is 4. The molecule has 0 amide bonds. The number of nitrogen functional groups attached to an aromatic ring is 1. The fourth-order valence-corrected chi connectivity index (χ4v) is 3.24. The molecule has 1 aromatic heterocycles. The van der Waals surface area contributed by atoms with Crippen LogP contribution in [0.1, 0.15) is 12.0 Å². The summed E-state index contributed by atoms with van der Waals surface area (Å²) >= 11 is 0. The SMILES string of the molecule is COC1=CC(OC)(c2ccnc(N)c2S(N)(=O)=O)CC=C1. The molecule has 1 aliphatic rings. The van der Waals surface area contributed by atoms with Gasteiger partial charge in [0.05, 0.1) is 7.11 Å². The van der Waals surface area contributed by atoms with Gasteiger partial charge < -0.3 is 15.2 Å². The molecule has 1 heterocycles. The number of pyridine rings is 1. The number of primary sulfonamides is 1. The van der Waals surface area contributed by atoms with Gasteiger partial charge in [0.2, 0.25) is 10.0 Å². The largest absolute Gasteiger partial charge is 0.497 e. The summed E-state index contributed by atoms with van der Waals surface area (Å²) in [4.78, 5) is 3.57. The second-order valence-corrected chi connectivity index (χ2v) is 6.07. The molecule has 1 atom stereocenters. The van der Waals surface area contributed by atoms with Crippen LogP contribution in [0.15, 0.2) is 41.1 Å². The molecule has 1 aliphatic carbocycles. The molecule has 0 bridgehead atoms. The van der Waals surface area contributed by atoms with Crippen LogP contribution in [0.3, 0.4) is 0 Å². The first-order valence-electron chi connectivity index (χ1n) is 6.10. The van der Waals surface area contributed by atoms with E-state index in [-0.39, 0.29) is 10.7 Å². The maximum atomic E-state index is 11.9. The second kappa shape index (κ2) is 5.47. The lowest BCUT2D eigenvalue weighted by molar-refractivity contribution is 0.0243. The molecule has 7 nitrogen and oxygen atoms in total. The van der Waals surface area contributed by atoms with E-state index in [9.17, 15) is 8.42 Å². The maximum Gasteiger partial charge on any atom is 0.242 e. The summed E-state index contributed by atoms with van der Waals surface area (Å²) < 4.78 is 34.5. The zero-order valence-electron chi connectivity index (χ0n) is 11.7. The maximum absolute atomic E-state index is 11.9. The predicted octanol–water partition coefficient (Wildman–Crippen LogP) is 0.643.